The molecular weight excluding hydrogens is 307 g/mol. The van der Waals surface area contributed by atoms with Gasteiger partial charge in [0.15, 0.2) is 0 Å². The quantitative estimate of drug-likeness (QED) is 0.689. The van der Waals surface area contributed by atoms with Crippen LogP contribution in [0, 0.1) is 5.41 Å². The standard InChI is InChI=1S/C19H33O3P/c1-17(2,3)13-21-23(20)22-16-11-10-14(18(4,5)6)12-15(16)19(7,8)9/h10-12,20H,13H2,1-9H3. The molecule has 0 fully saturated rings. The molecule has 0 heterocycles. The highest BCUT2D eigenvalue weighted by Gasteiger charge is 2.25. The van der Waals surface area contributed by atoms with Gasteiger partial charge >= 0.3 is 8.60 Å². The maximum Gasteiger partial charge on any atom is 0.394 e. The first-order chi connectivity index (χ1) is 10.2. The Bertz CT molecular complexity index is 519. The van der Waals surface area contributed by atoms with Crippen LogP contribution in [0.15, 0.2) is 18.2 Å². The molecule has 0 amide bonds. The lowest BCUT2D eigenvalue weighted by atomic mass is 9.80. The SMILES string of the molecule is CC(C)(C)COP(O)Oc1ccc(C(C)(C)C)cc1C(C)(C)C. The van der Waals surface area contributed by atoms with Crippen LogP contribution in [-0.2, 0) is 15.4 Å². The second kappa shape index (κ2) is 7.09. The minimum Gasteiger partial charge on any atom is -0.427 e. The third-order valence-corrected chi connectivity index (χ3v) is 4.14. The van der Waals surface area contributed by atoms with Gasteiger partial charge in [-0.25, -0.2) is 0 Å². The molecule has 0 saturated heterocycles. The summed E-state index contributed by atoms with van der Waals surface area (Å²) in [6, 6.07) is 6.20. The molecule has 0 spiro atoms. The summed E-state index contributed by atoms with van der Waals surface area (Å²) in [5, 5.41) is 0. The van der Waals surface area contributed by atoms with Crippen LogP contribution in [0.25, 0.3) is 0 Å². The van der Waals surface area contributed by atoms with E-state index >= 15 is 0 Å². The van der Waals surface area contributed by atoms with E-state index in [0.29, 0.717) is 12.4 Å². The normalized spacial score (nSPS) is 14.7. The summed E-state index contributed by atoms with van der Waals surface area (Å²) in [5.41, 5.74) is 2.34. The molecule has 1 atom stereocenters. The van der Waals surface area contributed by atoms with Crippen molar-refractivity contribution in [2.24, 2.45) is 5.41 Å². The van der Waals surface area contributed by atoms with Crippen LogP contribution >= 0.6 is 8.60 Å². The monoisotopic (exact) mass is 340 g/mol. The average Bonchev–Trinajstić information content (AvgIpc) is 2.33. The third kappa shape index (κ3) is 6.79. The van der Waals surface area contributed by atoms with Crippen molar-refractivity contribution in [3.63, 3.8) is 0 Å². The predicted molar refractivity (Wildman–Crippen MR) is 99.0 cm³/mol. The smallest absolute Gasteiger partial charge is 0.394 e. The molecule has 0 aromatic heterocycles. The molecule has 0 aliphatic carbocycles. The van der Waals surface area contributed by atoms with Crippen LogP contribution in [0.5, 0.6) is 5.75 Å². The fourth-order valence-corrected chi connectivity index (χ4v) is 2.90. The van der Waals surface area contributed by atoms with Crippen LogP contribution < -0.4 is 4.52 Å². The molecule has 1 N–H and O–H groups in total. The molecule has 0 bridgehead atoms. The van der Waals surface area contributed by atoms with Crippen molar-refractivity contribution in [1.29, 1.82) is 0 Å². The summed E-state index contributed by atoms with van der Waals surface area (Å²) in [6.45, 7) is 19.7. The van der Waals surface area contributed by atoms with Gasteiger partial charge in [-0.05, 0) is 27.9 Å². The van der Waals surface area contributed by atoms with Gasteiger partial charge in [0.05, 0.1) is 6.61 Å². The van der Waals surface area contributed by atoms with Gasteiger partial charge in [0, 0.05) is 5.56 Å². The highest BCUT2D eigenvalue weighted by atomic mass is 31.2. The molecule has 1 aromatic rings. The topological polar surface area (TPSA) is 38.7 Å². The molecule has 132 valence electrons. The first-order valence-electron chi connectivity index (χ1n) is 8.15. The van der Waals surface area contributed by atoms with E-state index in [0.717, 1.165) is 5.56 Å². The number of hydrogen-bond acceptors (Lipinski definition) is 3. The van der Waals surface area contributed by atoms with Gasteiger partial charge < -0.3 is 13.9 Å². The summed E-state index contributed by atoms with van der Waals surface area (Å²) in [6.07, 6.45) is 0. The Hall–Kier alpha value is -0.630. The molecule has 23 heavy (non-hydrogen) atoms. The van der Waals surface area contributed by atoms with E-state index in [1.807, 2.05) is 6.07 Å². The van der Waals surface area contributed by atoms with E-state index in [1.165, 1.54) is 5.56 Å². The van der Waals surface area contributed by atoms with E-state index in [1.54, 1.807) is 0 Å². The van der Waals surface area contributed by atoms with Gasteiger partial charge in [0.2, 0.25) is 0 Å². The first-order valence-corrected chi connectivity index (χ1v) is 9.28. The molecule has 0 radical (unpaired) electrons. The molecule has 1 aromatic carbocycles. The van der Waals surface area contributed by atoms with Crippen LogP contribution in [0.2, 0.25) is 0 Å². The van der Waals surface area contributed by atoms with E-state index in [-0.39, 0.29) is 16.2 Å². The van der Waals surface area contributed by atoms with Gasteiger partial charge in [-0.1, -0.05) is 74.4 Å². The maximum atomic E-state index is 10.1. The van der Waals surface area contributed by atoms with Gasteiger partial charge in [-0.2, -0.15) is 0 Å². The summed E-state index contributed by atoms with van der Waals surface area (Å²) in [4.78, 5) is 10.1. The Balaban J connectivity index is 3.02. The van der Waals surface area contributed by atoms with E-state index in [4.69, 9.17) is 9.05 Å². The largest absolute Gasteiger partial charge is 0.427 e. The summed E-state index contributed by atoms with van der Waals surface area (Å²) in [5.74, 6) is 0.702. The second-order valence-corrected chi connectivity index (χ2v) is 10.3. The Morgan fingerprint density at radius 1 is 0.913 bits per heavy atom. The van der Waals surface area contributed by atoms with Gasteiger partial charge in [0.25, 0.3) is 0 Å². The van der Waals surface area contributed by atoms with Crippen molar-refractivity contribution < 1.29 is 13.9 Å². The molecular formula is C19H33O3P. The molecule has 1 unspecified atom stereocenters. The summed E-state index contributed by atoms with van der Waals surface area (Å²) < 4.78 is 11.2. The van der Waals surface area contributed by atoms with Gasteiger partial charge in [-0.15, -0.1) is 0 Å². The zero-order chi connectivity index (χ0) is 18.1. The van der Waals surface area contributed by atoms with Gasteiger partial charge in [-0.3, -0.25) is 0 Å². The third-order valence-electron chi connectivity index (χ3n) is 3.44. The van der Waals surface area contributed by atoms with Crippen LogP contribution in [0.1, 0.15) is 73.4 Å². The average molecular weight is 340 g/mol. The lowest BCUT2D eigenvalue weighted by molar-refractivity contribution is 0.175. The van der Waals surface area contributed by atoms with Crippen molar-refractivity contribution in [3.05, 3.63) is 29.3 Å². The predicted octanol–water partition coefficient (Wildman–Crippen LogP) is 5.94. The molecule has 0 aliphatic rings. The first kappa shape index (κ1) is 20.4. The zero-order valence-corrected chi connectivity index (χ0v) is 17.0. The molecule has 3 nitrogen and oxygen atoms in total. The summed E-state index contributed by atoms with van der Waals surface area (Å²) in [7, 11) is -1.92. The Labute approximate surface area is 143 Å². The number of rotatable bonds is 4. The molecule has 0 aliphatic heterocycles. The van der Waals surface area contributed by atoms with Crippen molar-refractivity contribution in [3.8, 4) is 5.75 Å². The van der Waals surface area contributed by atoms with Crippen LogP contribution in [-0.4, -0.2) is 11.5 Å². The van der Waals surface area contributed by atoms with Crippen molar-refractivity contribution in [2.45, 2.75) is 73.1 Å². The fraction of sp³-hybridized carbons (Fsp3) is 0.684. The molecule has 1 rings (SSSR count). The Morgan fingerprint density at radius 2 is 1.48 bits per heavy atom. The van der Waals surface area contributed by atoms with E-state index in [9.17, 15) is 4.89 Å². The lowest BCUT2D eigenvalue weighted by Gasteiger charge is -2.28. The minimum absolute atomic E-state index is 0.00434. The van der Waals surface area contributed by atoms with Crippen LogP contribution in [0.3, 0.4) is 0 Å². The zero-order valence-electron chi connectivity index (χ0n) is 16.2. The Kier molecular flexibility index (Phi) is 6.29. The molecule has 4 heteroatoms. The molecule has 0 saturated carbocycles. The maximum absolute atomic E-state index is 10.1. The van der Waals surface area contributed by atoms with Crippen molar-refractivity contribution in [1.82, 2.24) is 0 Å². The fourth-order valence-electron chi connectivity index (χ4n) is 2.02. The summed E-state index contributed by atoms with van der Waals surface area (Å²) >= 11 is 0. The highest BCUT2D eigenvalue weighted by molar-refractivity contribution is 7.41. The highest BCUT2D eigenvalue weighted by Crippen LogP contribution is 2.42. The van der Waals surface area contributed by atoms with E-state index in [2.05, 4.69) is 74.4 Å². The Morgan fingerprint density at radius 3 is 1.91 bits per heavy atom. The van der Waals surface area contributed by atoms with E-state index < -0.39 is 8.60 Å². The van der Waals surface area contributed by atoms with Gasteiger partial charge in [0.1, 0.15) is 5.75 Å². The van der Waals surface area contributed by atoms with Crippen LogP contribution in [0.4, 0.5) is 0 Å². The number of hydrogen-bond donors (Lipinski definition) is 1. The van der Waals surface area contributed by atoms with Crippen molar-refractivity contribution in [2.75, 3.05) is 6.61 Å². The number of benzene rings is 1. The van der Waals surface area contributed by atoms with Crippen molar-refractivity contribution >= 4 is 8.60 Å². The lowest BCUT2D eigenvalue weighted by Crippen LogP contribution is -2.17. The second-order valence-electron chi connectivity index (χ2n) is 9.37. The minimum atomic E-state index is -1.92.